The van der Waals surface area contributed by atoms with Crippen LogP contribution >= 0.6 is 0 Å². The number of amides is 4. The predicted molar refractivity (Wildman–Crippen MR) is 105 cm³/mol. The Balaban J connectivity index is 1.70. The fraction of sp³-hybridized carbons (Fsp3) is 0.455. The van der Waals surface area contributed by atoms with Crippen LogP contribution in [-0.2, 0) is 19.2 Å². The Hall–Kier alpha value is -3.36. The molecule has 0 bridgehead atoms. The van der Waals surface area contributed by atoms with Crippen LogP contribution in [-0.4, -0.2) is 43.0 Å². The number of nitrogens with one attached hydrogen (secondary N) is 2. The van der Waals surface area contributed by atoms with Crippen LogP contribution in [0.15, 0.2) is 23.8 Å². The van der Waals surface area contributed by atoms with Gasteiger partial charge in [0.15, 0.2) is 0 Å². The Morgan fingerprint density at radius 3 is 2.23 bits per heavy atom. The van der Waals surface area contributed by atoms with Crippen molar-refractivity contribution in [2.45, 2.75) is 18.8 Å². The second kappa shape index (κ2) is 6.83. The van der Waals surface area contributed by atoms with Crippen molar-refractivity contribution in [3.8, 4) is 17.2 Å². The smallest absolute Gasteiger partial charge is 0.231 e. The third-order valence-electron chi connectivity index (χ3n) is 7.19. The molecule has 6 atom stereocenters. The monoisotopic (exact) mass is 426 g/mol. The van der Waals surface area contributed by atoms with Crippen LogP contribution in [0.4, 0.5) is 0 Å². The van der Waals surface area contributed by atoms with E-state index in [9.17, 15) is 24.3 Å². The number of aromatic hydroxyl groups is 1. The highest BCUT2D eigenvalue weighted by atomic mass is 16.5. The highest BCUT2D eigenvalue weighted by Gasteiger charge is 2.59. The zero-order valence-corrected chi connectivity index (χ0v) is 17.0. The molecule has 3 fully saturated rings. The number of rotatable bonds is 3. The molecule has 1 saturated carbocycles. The summed E-state index contributed by atoms with van der Waals surface area (Å²) in [5.41, 5.74) is 1.17. The topological polar surface area (TPSA) is 131 Å². The van der Waals surface area contributed by atoms with Gasteiger partial charge in [-0.15, -0.1) is 0 Å². The Bertz CT molecular complexity index is 1060. The van der Waals surface area contributed by atoms with E-state index >= 15 is 0 Å². The van der Waals surface area contributed by atoms with Gasteiger partial charge in [-0.3, -0.25) is 29.8 Å². The van der Waals surface area contributed by atoms with Crippen molar-refractivity contribution >= 4 is 23.6 Å². The minimum atomic E-state index is -0.736. The molecule has 2 saturated heterocycles. The van der Waals surface area contributed by atoms with E-state index in [1.165, 1.54) is 20.3 Å². The van der Waals surface area contributed by atoms with Crippen molar-refractivity contribution in [2.75, 3.05) is 14.2 Å². The molecule has 0 radical (unpaired) electrons. The number of hydrogen-bond acceptors (Lipinski definition) is 7. The Labute approximate surface area is 177 Å². The van der Waals surface area contributed by atoms with E-state index in [4.69, 9.17) is 9.47 Å². The number of fused-ring (bicyclic) bond motifs is 4. The maximum atomic E-state index is 12.8. The van der Waals surface area contributed by atoms with Gasteiger partial charge in [-0.1, -0.05) is 11.6 Å². The van der Waals surface area contributed by atoms with Gasteiger partial charge in [-0.05, 0) is 18.8 Å². The average Bonchev–Trinajstić information content (AvgIpc) is 3.20. The first kappa shape index (κ1) is 19.6. The van der Waals surface area contributed by atoms with Crippen LogP contribution in [0.2, 0.25) is 0 Å². The van der Waals surface area contributed by atoms with Gasteiger partial charge in [0.25, 0.3) is 0 Å². The molecule has 31 heavy (non-hydrogen) atoms. The van der Waals surface area contributed by atoms with Gasteiger partial charge in [-0.25, -0.2) is 0 Å². The van der Waals surface area contributed by atoms with E-state index in [2.05, 4.69) is 10.6 Å². The van der Waals surface area contributed by atoms with Crippen molar-refractivity contribution in [2.24, 2.45) is 29.6 Å². The van der Waals surface area contributed by atoms with Gasteiger partial charge in [0, 0.05) is 23.6 Å². The van der Waals surface area contributed by atoms with E-state index in [1.54, 1.807) is 6.07 Å². The summed E-state index contributed by atoms with van der Waals surface area (Å²) in [4.78, 5) is 50.3. The van der Waals surface area contributed by atoms with Crippen molar-refractivity contribution in [1.82, 2.24) is 10.6 Å². The molecule has 2 heterocycles. The van der Waals surface area contributed by atoms with E-state index in [-0.39, 0.29) is 23.5 Å². The maximum Gasteiger partial charge on any atom is 0.231 e. The second-order valence-electron chi connectivity index (χ2n) is 8.49. The van der Waals surface area contributed by atoms with E-state index in [1.807, 2.05) is 6.08 Å². The molecule has 2 aliphatic heterocycles. The first-order valence-corrected chi connectivity index (χ1v) is 10.2. The van der Waals surface area contributed by atoms with Gasteiger partial charge in [-0.2, -0.15) is 0 Å². The minimum absolute atomic E-state index is 0.122. The molecular weight excluding hydrogens is 404 g/mol. The molecule has 6 unspecified atom stereocenters. The van der Waals surface area contributed by atoms with E-state index < -0.39 is 41.4 Å². The summed E-state index contributed by atoms with van der Waals surface area (Å²) < 4.78 is 10.7. The normalized spacial score (nSPS) is 33.7. The first-order chi connectivity index (χ1) is 14.8. The Morgan fingerprint density at radius 2 is 1.55 bits per heavy atom. The molecule has 1 aromatic carbocycles. The lowest BCUT2D eigenvalue weighted by Crippen LogP contribution is -2.43. The van der Waals surface area contributed by atoms with Crippen LogP contribution < -0.4 is 20.1 Å². The summed E-state index contributed by atoms with van der Waals surface area (Å²) in [7, 11) is 2.91. The molecule has 0 spiro atoms. The van der Waals surface area contributed by atoms with Crippen molar-refractivity contribution < 1.29 is 33.8 Å². The van der Waals surface area contributed by atoms with Gasteiger partial charge >= 0.3 is 0 Å². The van der Waals surface area contributed by atoms with Gasteiger partial charge in [0.1, 0.15) is 17.2 Å². The largest absolute Gasteiger partial charge is 0.507 e. The molecule has 4 amide bonds. The predicted octanol–water partition coefficient (Wildman–Crippen LogP) is 0.621. The highest BCUT2D eigenvalue weighted by Crippen LogP contribution is 2.58. The molecule has 3 N–H and O–H groups in total. The van der Waals surface area contributed by atoms with Gasteiger partial charge in [0.2, 0.25) is 23.6 Å². The molecule has 9 heteroatoms. The van der Waals surface area contributed by atoms with E-state index in [0.29, 0.717) is 29.9 Å². The third-order valence-corrected chi connectivity index (χ3v) is 7.19. The third kappa shape index (κ3) is 2.68. The number of carbonyl (C=O) groups is 4. The standard InChI is InChI=1S/C22H22N2O7/c1-30-8-5-13(25)18(14(6-8)31-2)16-9-3-4-10-15(21(28)23-19(10)26)11(9)7-12-17(16)22(29)24-20(12)27/h3,5-6,10-12,15-17,25H,4,7H2,1-2H3,(H,23,26,28)(H,24,27,29). The van der Waals surface area contributed by atoms with Gasteiger partial charge in [0.05, 0.1) is 37.9 Å². The summed E-state index contributed by atoms with van der Waals surface area (Å²) in [5, 5.41) is 15.7. The van der Waals surface area contributed by atoms with E-state index in [0.717, 1.165) is 5.57 Å². The van der Waals surface area contributed by atoms with Crippen LogP contribution in [0.1, 0.15) is 24.3 Å². The Kier molecular flexibility index (Phi) is 4.32. The highest BCUT2D eigenvalue weighted by molar-refractivity contribution is 6.07. The minimum Gasteiger partial charge on any atom is -0.507 e. The molecule has 0 aromatic heterocycles. The second-order valence-corrected chi connectivity index (χ2v) is 8.49. The number of methoxy groups -OCH3 is 2. The summed E-state index contributed by atoms with van der Waals surface area (Å²) in [5.74, 6) is -4.40. The zero-order chi connectivity index (χ0) is 22.0. The first-order valence-electron chi connectivity index (χ1n) is 10.2. The van der Waals surface area contributed by atoms with Crippen LogP contribution in [0.5, 0.6) is 17.2 Å². The Morgan fingerprint density at radius 1 is 0.871 bits per heavy atom. The van der Waals surface area contributed by atoms with Crippen LogP contribution in [0.25, 0.3) is 0 Å². The van der Waals surface area contributed by atoms with Crippen molar-refractivity contribution in [3.63, 3.8) is 0 Å². The fourth-order valence-electron chi connectivity index (χ4n) is 5.92. The summed E-state index contributed by atoms with van der Waals surface area (Å²) in [6.07, 6.45) is 2.55. The summed E-state index contributed by atoms with van der Waals surface area (Å²) in [6, 6.07) is 3.05. The number of carbonyl (C=O) groups excluding carboxylic acids is 4. The number of benzene rings is 1. The molecule has 5 rings (SSSR count). The summed E-state index contributed by atoms with van der Waals surface area (Å²) in [6.45, 7) is 0. The zero-order valence-electron chi connectivity index (χ0n) is 17.0. The number of imide groups is 2. The quantitative estimate of drug-likeness (QED) is 0.477. The number of hydrogen-bond donors (Lipinski definition) is 3. The number of ether oxygens (including phenoxy) is 2. The van der Waals surface area contributed by atoms with Crippen LogP contribution in [0, 0.1) is 29.6 Å². The number of allylic oxidation sites excluding steroid dienone is 2. The number of phenolic OH excluding ortho intramolecular Hbond substituents is 1. The van der Waals surface area contributed by atoms with Crippen LogP contribution in [0.3, 0.4) is 0 Å². The molecule has 9 nitrogen and oxygen atoms in total. The fourth-order valence-corrected chi connectivity index (χ4v) is 5.92. The molecule has 162 valence electrons. The van der Waals surface area contributed by atoms with Crippen molar-refractivity contribution in [3.05, 3.63) is 29.3 Å². The molecule has 4 aliphatic rings. The lowest BCUT2D eigenvalue weighted by Gasteiger charge is -2.44. The SMILES string of the molecule is COc1cc(O)c(C2C3=CCC4C(=O)NC(=O)C4C3CC3C(=O)NC(=O)C32)c(OC)c1. The lowest BCUT2D eigenvalue weighted by molar-refractivity contribution is -0.128. The average molecular weight is 426 g/mol. The molecule has 2 aliphatic carbocycles. The van der Waals surface area contributed by atoms with Crippen molar-refractivity contribution in [1.29, 1.82) is 0 Å². The number of phenols is 1. The maximum absolute atomic E-state index is 12.8. The lowest BCUT2D eigenvalue weighted by atomic mass is 9.57. The van der Waals surface area contributed by atoms with Gasteiger partial charge < -0.3 is 14.6 Å². The molecule has 1 aromatic rings. The molecular formula is C22H22N2O7. The summed E-state index contributed by atoms with van der Waals surface area (Å²) >= 11 is 0.